The minimum Gasteiger partial charge on any atom is -0.288 e. The third-order valence-electron chi connectivity index (χ3n) is 4.39. The summed E-state index contributed by atoms with van der Waals surface area (Å²) < 4.78 is 1.50. The maximum Gasteiger partial charge on any atom is 0.250 e. The molecule has 1 aromatic carbocycles. The highest BCUT2D eigenvalue weighted by Crippen LogP contribution is 2.43. The summed E-state index contributed by atoms with van der Waals surface area (Å²) in [5.74, 6) is 0.0845. The van der Waals surface area contributed by atoms with E-state index < -0.39 is 0 Å². The number of hydrogen-bond acceptors (Lipinski definition) is 3. The number of carbonyl (C=O) groups excluding carboxylic acids is 2. The zero-order chi connectivity index (χ0) is 15.6. The van der Waals surface area contributed by atoms with E-state index in [-0.39, 0.29) is 23.0 Å². The van der Waals surface area contributed by atoms with Crippen molar-refractivity contribution in [3.63, 3.8) is 0 Å². The fourth-order valence-electron chi connectivity index (χ4n) is 3.09. The molecule has 0 amide bonds. The summed E-state index contributed by atoms with van der Waals surface area (Å²) >= 11 is 0. The van der Waals surface area contributed by atoms with Gasteiger partial charge in [-0.2, -0.15) is 9.78 Å². The Kier molecular flexibility index (Phi) is 2.54. The zero-order valence-electron chi connectivity index (χ0n) is 13.0. The van der Waals surface area contributed by atoms with Gasteiger partial charge in [0.2, 0.25) is 0 Å². The second kappa shape index (κ2) is 4.15. The van der Waals surface area contributed by atoms with Gasteiger partial charge >= 0.3 is 0 Å². The Bertz CT molecular complexity index is 820. The predicted molar refractivity (Wildman–Crippen MR) is 83.1 cm³/mol. The molecule has 0 spiro atoms. The highest BCUT2D eigenvalue weighted by Gasteiger charge is 2.41. The van der Waals surface area contributed by atoms with Crippen LogP contribution < -0.4 is 0 Å². The van der Waals surface area contributed by atoms with Gasteiger partial charge in [0.25, 0.3) is 5.91 Å². The molecular weight excluding hydrogens is 276 g/mol. The van der Waals surface area contributed by atoms with E-state index in [2.05, 4.69) is 5.10 Å². The lowest BCUT2D eigenvalue weighted by atomic mass is 9.88. The summed E-state index contributed by atoms with van der Waals surface area (Å²) in [5.41, 5.74) is 3.26. The van der Waals surface area contributed by atoms with Crippen molar-refractivity contribution in [1.29, 1.82) is 0 Å². The van der Waals surface area contributed by atoms with Gasteiger partial charge in [0, 0.05) is 22.5 Å². The molecule has 0 saturated heterocycles. The maximum atomic E-state index is 12.8. The van der Waals surface area contributed by atoms with Crippen LogP contribution in [-0.2, 0) is 5.41 Å². The summed E-state index contributed by atoms with van der Waals surface area (Å²) in [6.45, 7) is 6.08. The highest BCUT2D eigenvalue weighted by atomic mass is 16.2. The van der Waals surface area contributed by atoms with Gasteiger partial charge in [0.15, 0.2) is 5.78 Å². The van der Waals surface area contributed by atoms with Crippen LogP contribution in [0.4, 0.5) is 0 Å². The smallest absolute Gasteiger partial charge is 0.250 e. The van der Waals surface area contributed by atoms with E-state index in [1.54, 1.807) is 0 Å². The predicted octanol–water partition coefficient (Wildman–Crippen LogP) is 3.44. The summed E-state index contributed by atoms with van der Waals surface area (Å²) in [6.07, 6.45) is 1.85. The van der Waals surface area contributed by atoms with E-state index in [9.17, 15) is 9.59 Å². The zero-order valence-corrected chi connectivity index (χ0v) is 13.0. The molecule has 2 aromatic rings. The molecule has 0 unspecified atom stereocenters. The lowest BCUT2D eigenvalue weighted by Crippen LogP contribution is -2.19. The molecule has 2 aliphatic rings. The first-order valence-electron chi connectivity index (χ1n) is 7.71. The van der Waals surface area contributed by atoms with Gasteiger partial charge in [-0.15, -0.1) is 0 Å². The minimum atomic E-state index is -0.281. The Hall–Kier alpha value is -2.23. The topological polar surface area (TPSA) is 52.0 Å². The van der Waals surface area contributed by atoms with Crippen molar-refractivity contribution >= 4 is 11.7 Å². The highest BCUT2D eigenvalue weighted by molar-refractivity contribution is 6.22. The average Bonchev–Trinajstić information content (AvgIpc) is 3.17. The van der Waals surface area contributed by atoms with Crippen LogP contribution in [-0.4, -0.2) is 21.5 Å². The molecule has 1 heterocycles. The number of benzene rings is 1. The molecule has 1 fully saturated rings. The fraction of sp³-hybridized carbons (Fsp3) is 0.389. The molecule has 2 aliphatic carbocycles. The summed E-state index contributed by atoms with van der Waals surface area (Å²) in [7, 11) is 0. The minimum absolute atomic E-state index is 0.00891. The standard InChI is InChI=1S/C18H18N2O2/c1-18(2,3)16-13-14(20(19-16)17(22)10-8-9-10)11-6-4-5-7-12(11)15(13)21/h4-7,10H,8-9H2,1-3H3. The van der Waals surface area contributed by atoms with Crippen LogP contribution in [0.25, 0.3) is 11.3 Å². The Balaban J connectivity index is 2.02. The molecule has 0 N–H and O–H groups in total. The van der Waals surface area contributed by atoms with Crippen molar-refractivity contribution in [2.45, 2.75) is 39.0 Å². The molecule has 22 heavy (non-hydrogen) atoms. The molecule has 4 rings (SSSR count). The van der Waals surface area contributed by atoms with Crippen molar-refractivity contribution in [1.82, 2.24) is 9.78 Å². The molecule has 4 nitrogen and oxygen atoms in total. The van der Waals surface area contributed by atoms with E-state index in [0.717, 1.165) is 24.1 Å². The maximum absolute atomic E-state index is 12.8. The van der Waals surface area contributed by atoms with Gasteiger partial charge in [-0.25, -0.2) is 0 Å². The average molecular weight is 294 g/mol. The monoisotopic (exact) mass is 294 g/mol. The molecule has 0 aliphatic heterocycles. The van der Waals surface area contributed by atoms with Gasteiger partial charge in [-0.3, -0.25) is 9.59 Å². The third-order valence-corrected chi connectivity index (χ3v) is 4.39. The number of fused-ring (bicyclic) bond motifs is 3. The molecule has 0 bridgehead atoms. The first kappa shape index (κ1) is 13.4. The van der Waals surface area contributed by atoms with E-state index >= 15 is 0 Å². The normalized spacial score (nSPS) is 16.6. The number of rotatable bonds is 1. The number of hydrogen-bond donors (Lipinski definition) is 0. The van der Waals surface area contributed by atoms with Crippen molar-refractivity contribution in [2.75, 3.05) is 0 Å². The van der Waals surface area contributed by atoms with Crippen LogP contribution in [0.15, 0.2) is 24.3 Å². The van der Waals surface area contributed by atoms with Gasteiger partial charge in [-0.05, 0) is 12.8 Å². The van der Waals surface area contributed by atoms with Crippen molar-refractivity contribution in [2.24, 2.45) is 5.92 Å². The SMILES string of the molecule is CC(C)(C)c1nn(C(=O)C2CC2)c2c1C(=O)c1ccccc1-2. The Labute approximate surface area is 129 Å². The number of carbonyl (C=O) groups is 2. The molecule has 0 atom stereocenters. The first-order valence-corrected chi connectivity index (χ1v) is 7.71. The summed E-state index contributed by atoms with van der Waals surface area (Å²) in [4.78, 5) is 25.4. The number of nitrogens with zero attached hydrogens (tertiary/aromatic N) is 2. The van der Waals surface area contributed by atoms with Crippen LogP contribution in [0.3, 0.4) is 0 Å². The second-order valence-corrected chi connectivity index (χ2v) is 7.22. The van der Waals surface area contributed by atoms with Crippen LogP contribution in [0.1, 0.15) is 60.0 Å². The Morgan fingerprint density at radius 3 is 2.41 bits per heavy atom. The van der Waals surface area contributed by atoms with Gasteiger partial charge in [-0.1, -0.05) is 45.0 Å². The first-order chi connectivity index (χ1) is 10.4. The van der Waals surface area contributed by atoms with E-state index in [4.69, 9.17) is 0 Å². The quantitative estimate of drug-likeness (QED) is 0.691. The lowest BCUT2D eigenvalue weighted by Gasteiger charge is -2.16. The molecular formula is C18H18N2O2. The van der Waals surface area contributed by atoms with Crippen molar-refractivity contribution in [3.8, 4) is 11.3 Å². The summed E-state index contributed by atoms with van der Waals surface area (Å²) in [6, 6.07) is 7.50. The van der Waals surface area contributed by atoms with Crippen LogP contribution in [0.2, 0.25) is 0 Å². The van der Waals surface area contributed by atoms with Crippen molar-refractivity contribution in [3.05, 3.63) is 41.1 Å². The van der Waals surface area contributed by atoms with Gasteiger partial charge < -0.3 is 0 Å². The lowest BCUT2D eigenvalue weighted by molar-refractivity contribution is 0.0871. The summed E-state index contributed by atoms with van der Waals surface area (Å²) in [5, 5.41) is 4.56. The van der Waals surface area contributed by atoms with Crippen LogP contribution in [0.5, 0.6) is 0 Å². The number of ketones is 1. The Morgan fingerprint density at radius 1 is 1.18 bits per heavy atom. The van der Waals surface area contributed by atoms with Crippen LogP contribution >= 0.6 is 0 Å². The molecule has 112 valence electrons. The van der Waals surface area contributed by atoms with Crippen molar-refractivity contribution < 1.29 is 9.59 Å². The van der Waals surface area contributed by atoms with E-state index in [0.29, 0.717) is 16.8 Å². The fourth-order valence-corrected chi connectivity index (χ4v) is 3.09. The Morgan fingerprint density at radius 2 is 1.82 bits per heavy atom. The van der Waals surface area contributed by atoms with Gasteiger partial charge in [0.05, 0.1) is 17.0 Å². The molecule has 0 radical (unpaired) electrons. The second-order valence-electron chi connectivity index (χ2n) is 7.22. The molecule has 1 aromatic heterocycles. The third kappa shape index (κ3) is 1.73. The molecule has 4 heteroatoms. The van der Waals surface area contributed by atoms with E-state index in [1.165, 1.54) is 4.68 Å². The number of aromatic nitrogens is 2. The van der Waals surface area contributed by atoms with Crippen LogP contribution in [0, 0.1) is 5.92 Å². The van der Waals surface area contributed by atoms with Gasteiger partial charge in [0.1, 0.15) is 0 Å². The van der Waals surface area contributed by atoms with E-state index in [1.807, 2.05) is 45.0 Å². The largest absolute Gasteiger partial charge is 0.288 e. The molecule has 1 saturated carbocycles.